The molecular weight excluding hydrogens is 460 g/mol. The van der Waals surface area contributed by atoms with Crippen molar-refractivity contribution < 1.29 is 14.4 Å². The molecule has 3 amide bonds. The van der Waals surface area contributed by atoms with E-state index in [1.807, 2.05) is 30.3 Å². The van der Waals surface area contributed by atoms with E-state index < -0.39 is 22.9 Å². The van der Waals surface area contributed by atoms with Crippen molar-refractivity contribution in [3.05, 3.63) is 30.3 Å². The summed E-state index contributed by atoms with van der Waals surface area (Å²) in [4.78, 5) is 40.7. The number of likely N-dealkylation sites (N-methyl/N-ethyl adjacent to an activating group) is 1. The molecule has 0 radical (unpaired) electrons. The summed E-state index contributed by atoms with van der Waals surface area (Å²) in [5, 5.41) is 13.3. The van der Waals surface area contributed by atoms with Gasteiger partial charge in [0, 0.05) is 28.4 Å². The number of amides is 3. The van der Waals surface area contributed by atoms with Gasteiger partial charge in [-0.2, -0.15) is 12.6 Å². The quantitative estimate of drug-likeness (QED) is 0.420. The molecule has 9 nitrogen and oxygen atoms in total. The number of benzene rings is 1. The molecule has 178 valence electrons. The number of anilines is 1. The summed E-state index contributed by atoms with van der Waals surface area (Å²) in [5.74, 6) is -0.925. The van der Waals surface area contributed by atoms with E-state index in [1.165, 1.54) is 0 Å². The molecule has 1 aliphatic rings. The van der Waals surface area contributed by atoms with Crippen molar-refractivity contribution >= 4 is 46.9 Å². The third-order valence-electron chi connectivity index (χ3n) is 5.68. The summed E-state index contributed by atoms with van der Waals surface area (Å²) in [6, 6.07) is 7.46. The molecule has 0 unspecified atom stereocenters. The van der Waals surface area contributed by atoms with E-state index in [2.05, 4.69) is 38.2 Å². The van der Waals surface area contributed by atoms with Crippen LogP contribution in [0.15, 0.2) is 30.3 Å². The highest BCUT2D eigenvalue weighted by Gasteiger charge is 2.42. The minimum Gasteiger partial charge on any atom is -0.342 e. The Balaban J connectivity index is 1.77. The van der Waals surface area contributed by atoms with Gasteiger partial charge in [-0.05, 0) is 40.7 Å². The van der Waals surface area contributed by atoms with E-state index in [-0.39, 0.29) is 17.7 Å². The summed E-state index contributed by atoms with van der Waals surface area (Å²) in [5.41, 5.74) is 1.44. The van der Waals surface area contributed by atoms with Gasteiger partial charge in [0.1, 0.15) is 22.8 Å². The van der Waals surface area contributed by atoms with Gasteiger partial charge >= 0.3 is 0 Å². The van der Waals surface area contributed by atoms with Crippen LogP contribution in [-0.4, -0.2) is 68.7 Å². The number of likely N-dealkylation sites (tertiary alicyclic amines) is 1. The molecular formula is C22H30N6O3S2. The number of nitrogens with zero attached hydrogens (tertiary/aromatic N) is 3. The Morgan fingerprint density at radius 3 is 2.58 bits per heavy atom. The van der Waals surface area contributed by atoms with Crippen molar-refractivity contribution in [1.29, 1.82) is 0 Å². The lowest BCUT2D eigenvalue weighted by Gasteiger charge is -2.35. The SMILES string of the molecule is CN[C@@H](C)C(=O)N[C@H](C(=O)N1CCC[C@H]1C(=O)Nc1snnc1-c1ccccc1)C(C)(C)S. The third-order valence-corrected chi connectivity index (χ3v) is 6.58. The molecule has 1 aromatic heterocycles. The lowest BCUT2D eigenvalue weighted by molar-refractivity contribution is -0.141. The summed E-state index contributed by atoms with van der Waals surface area (Å²) >= 11 is 5.66. The number of aromatic nitrogens is 2. The average molecular weight is 491 g/mol. The Kier molecular flexibility index (Phi) is 8.09. The molecule has 1 aromatic carbocycles. The van der Waals surface area contributed by atoms with Gasteiger partial charge in [-0.15, -0.1) is 5.10 Å². The number of thiol groups is 1. The van der Waals surface area contributed by atoms with Gasteiger partial charge < -0.3 is 20.9 Å². The van der Waals surface area contributed by atoms with Gasteiger partial charge in [-0.3, -0.25) is 14.4 Å². The predicted octanol–water partition coefficient (Wildman–Crippen LogP) is 1.94. The first kappa shape index (κ1) is 25.1. The molecule has 1 saturated heterocycles. The Labute approximate surface area is 203 Å². The van der Waals surface area contributed by atoms with Crippen LogP contribution in [-0.2, 0) is 14.4 Å². The van der Waals surface area contributed by atoms with Crippen LogP contribution < -0.4 is 16.0 Å². The topological polar surface area (TPSA) is 116 Å². The molecule has 1 aliphatic heterocycles. The molecule has 3 atom stereocenters. The molecule has 1 fully saturated rings. The zero-order valence-corrected chi connectivity index (χ0v) is 20.9. The van der Waals surface area contributed by atoms with Crippen molar-refractivity contribution in [3.63, 3.8) is 0 Å². The number of hydrogen-bond donors (Lipinski definition) is 4. The fourth-order valence-corrected chi connectivity index (χ4v) is 4.43. The smallest absolute Gasteiger partial charge is 0.247 e. The molecule has 3 N–H and O–H groups in total. The molecule has 0 saturated carbocycles. The van der Waals surface area contributed by atoms with Gasteiger partial charge in [-0.1, -0.05) is 34.8 Å². The van der Waals surface area contributed by atoms with Crippen LogP contribution in [0.3, 0.4) is 0 Å². The van der Waals surface area contributed by atoms with E-state index in [0.717, 1.165) is 17.1 Å². The minimum atomic E-state index is -0.887. The Bertz CT molecular complexity index is 992. The van der Waals surface area contributed by atoms with Crippen LogP contribution in [0.25, 0.3) is 11.3 Å². The van der Waals surface area contributed by atoms with E-state index in [9.17, 15) is 14.4 Å². The van der Waals surface area contributed by atoms with Crippen LogP contribution in [0, 0.1) is 0 Å². The number of rotatable bonds is 8. The molecule has 2 heterocycles. The van der Waals surface area contributed by atoms with Gasteiger partial charge in [-0.25, -0.2) is 0 Å². The molecule has 33 heavy (non-hydrogen) atoms. The second kappa shape index (κ2) is 10.6. The standard InChI is InChI=1S/C22H30N6O3S2/c1-13(23-4)18(29)24-17(22(2,3)32)21(31)28-12-8-11-15(28)19(30)25-20-16(26-27-33-20)14-9-6-5-7-10-14/h5-7,9-10,13,15,17,23,32H,8,11-12H2,1-4H3,(H,24,29)(H,25,30)/t13-,15-,17+/m0/s1. The van der Waals surface area contributed by atoms with Gasteiger partial charge in [0.05, 0.1) is 6.04 Å². The highest BCUT2D eigenvalue weighted by Crippen LogP contribution is 2.30. The fourth-order valence-electron chi connectivity index (χ4n) is 3.66. The number of nitrogens with one attached hydrogen (secondary N) is 3. The second-order valence-electron chi connectivity index (χ2n) is 8.60. The van der Waals surface area contributed by atoms with Crippen molar-refractivity contribution in [2.45, 2.75) is 56.5 Å². The monoisotopic (exact) mass is 490 g/mol. The second-order valence-corrected chi connectivity index (χ2v) is 10.5. The molecule has 0 spiro atoms. The Morgan fingerprint density at radius 2 is 1.94 bits per heavy atom. The van der Waals surface area contributed by atoms with Gasteiger partial charge in [0.2, 0.25) is 17.7 Å². The van der Waals surface area contributed by atoms with Crippen LogP contribution >= 0.6 is 24.2 Å². The lowest BCUT2D eigenvalue weighted by Crippen LogP contribution is -2.60. The number of hydrogen-bond acceptors (Lipinski definition) is 8. The van der Waals surface area contributed by atoms with E-state index in [1.54, 1.807) is 32.7 Å². The molecule has 2 aromatic rings. The van der Waals surface area contributed by atoms with Crippen molar-refractivity contribution in [2.24, 2.45) is 0 Å². The summed E-state index contributed by atoms with van der Waals surface area (Å²) in [6.45, 7) is 5.68. The highest BCUT2D eigenvalue weighted by atomic mass is 32.1. The Morgan fingerprint density at radius 1 is 1.24 bits per heavy atom. The maximum absolute atomic E-state index is 13.5. The predicted molar refractivity (Wildman–Crippen MR) is 132 cm³/mol. The number of carbonyl (C=O) groups is 3. The van der Waals surface area contributed by atoms with Crippen LogP contribution in [0.5, 0.6) is 0 Å². The van der Waals surface area contributed by atoms with Crippen LogP contribution in [0.1, 0.15) is 33.6 Å². The number of carbonyl (C=O) groups excluding carboxylic acids is 3. The van der Waals surface area contributed by atoms with Crippen LogP contribution in [0.2, 0.25) is 0 Å². The zero-order chi connectivity index (χ0) is 24.2. The van der Waals surface area contributed by atoms with Gasteiger partial charge in [0.25, 0.3) is 0 Å². The highest BCUT2D eigenvalue weighted by molar-refractivity contribution is 7.81. The normalized spacial score (nSPS) is 18.0. The molecule has 0 aliphatic carbocycles. The zero-order valence-electron chi connectivity index (χ0n) is 19.2. The Hall–Kier alpha value is -2.50. The molecule has 0 bridgehead atoms. The van der Waals surface area contributed by atoms with Crippen molar-refractivity contribution in [2.75, 3.05) is 18.9 Å². The largest absolute Gasteiger partial charge is 0.342 e. The third kappa shape index (κ3) is 5.90. The fraction of sp³-hybridized carbons (Fsp3) is 0.500. The van der Waals surface area contributed by atoms with Gasteiger partial charge in [0.15, 0.2) is 0 Å². The van der Waals surface area contributed by atoms with E-state index >= 15 is 0 Å². The van der Waals surface area contributed by atoms with Crippen molar-refractivity contribution in [1.82, 2.24) is 25.1 Å². The first-order valence-electron chi connectivity index (χ1n) is 10.8. The van der Waals surface area contributed by atoms with Crippen molar-refractivity contribution in [3.8, 4) is 11.3 Å². The molecule has 11 heteroatoms. The van der Waals surface area contributed by atoms with E-state index in [0.29, 0.717) is 30.1 Å². The van der Waals surface area contributed by atoms with Crippen LogP contribution in [0.4, 0.5) is 5.00 Å². The van der Waals surface area contributed by atoms with E-state index in [4.69, 9.17) is 0 Å². The maximum atomic E-state index is 13.5. The minimum absolute atomic E-state index is 0.297. The first-order valence-corrected chi connectivity index (χ1v) is 12.0. The molecule has 3 rings (SSSR count). The summed E-state index contributed by atoms with van der Waals surface area (Å²) in [7, 11) is 1.67. The summed E-state index contributed by atoms with van der Waals surface area (Å²) < 4.78 is 3.16. The lowest BCUT2D eigenvalue weighted by atomic mass is 10.0. The summed E-state index contributed by atoms with van der Waals surface area (Å²) in [6.07, 6.45) is 1.22. The maximum Gasteiger partial charge on any atom is 0.247 e. The first-order chi connectivity index (χ1) is 15.6. The average Bonchev–Trinajstić information content (AvgIpc) is 3.45.